The van der Waals surface area contributed by atoms with Crippen molar-refractivity contribution in [3.05, 3.63) is 24.3 Å². The molecule has 0 unspecified atom stereocenters. The van der Waals surface area contributed by atoms with E-state index in [9.17, 15) is 17.6 Å². The molecule has 1 N–H and O–H groups in total. The van der Waals surface area contributed by atoms with E-state index in [1.165, 1.54) is 19.9 Å². The van der Waals surface area contributed by atoms with Crippen molar-refractivity contribution < 1.29 is 17.6 Å². The van der Waals surface area contributed by atoms with Crippen molar-refractivity contribution in [3.8, 4) is 0 Å². The molecule has 0 aromatic carbocycles. The Hall–Kier alpha value is -1.50. The van der Waals surface area contributed by atoms with E-state index in [0.717, 1.165) is 18.5 Å². The van der Waals surface area contributed by atoms with E-state index >= 15 is 0 Å². The topological polar surface area (TPSA) is 76.1 Å². The molecule has 0 radical (unpaired) electrons. The molecule has 17 heavy (non-hydrogen) atoms. The highest BCUT2D eigenvalue weighted by molar-refractivity contribution is 7.92. The summed E-state index contributed by atoms with van der Waals surface area (Å²) in [6.45, 7) is 2.60. The third-order valence-corrected chi connectivity index (χ3v) is 4.50. The van der Waals surface area contributed by atoms with Crippen LogP contribution >= 0.6 is 0 Å². The summed E-state index contributed by atoms with van der Waals surface area (Å²) in [6, 6.07) is 2.38. The second-order valence-electron chi connectivity index (χ2n) is 4.11. The first kappa shape index (κ1) is 13.6. The number of sulfone groups is 1. The summed E-state index contributed by atoms with van der Waals surface area (Å²) in [6.07, 6.45) is 2.10. The van der Waals surface area contributed by atoms with Crippen molar-refractivity contribution >= 4 is 21.4 Å². The highest BCUT2D eigenvalue weighted by Gasteiger charge is 2.38. The summed E-state index contributed by atoms with van der Waals surface area (Å²) >= 11 is 0. The van der Waals surface area contributed by atoms with Gasteiger partial charge in [0.05, 0.1) is 11.9 Å². The lowest BCUT2D eigenvalue weighted by Gasteiger charge is -2.21. The number of amides is 1. The fourth-order valence-electron chi connectivity index (χ4n) is 0.900. The summed E-state index contributed by atoms with van der Waals surface area (Å²) in [5.41, 5.74) is 0.244. The standard InChI is InChI=1S/C10H13FN2O3S/c1-10(2,17(3,15)16)9(14)13-7-4-5-8(11)12-6-7/h4-6H,1-3H3,(H,13,14). The summed E-state index contributed by atoms with van der Waals surface area (Å²) in [5.74, 6) is -1.36. The van der Waals surface area contributed by atoms with Gasteiger partial charge in [-0.2, -0.15) is 4.39 Å². The molecule has 1 amide bonds. The van der Waals surface area contributed by atoms with E-state index in [2.05, 4.69) is 10.3 Å². The van der Waals surface area contributed by atoms with Gasteiger partial charge in [0.2, 0.25) is 11.9 Å². The minimum absolute atomic E-state index is 0.244. The maximum atomic E-state index is 12.5. The molecule has 0 atom stereocenters. The number of carbonyl (C=O) groups is 1. The number of anilines is 1. The van der Waals surface area contributed by atoms with E-state index in [4.69, 9.17) is 0 Å². The number of nitrogens with zero attached hydrogens (tertiary/aromatic N) is 1. The Balaban J connectivity index is 2.90. The highest BCUT2D eigenvalue weighted by Crippen LogP contribution is 2.18. The Labute approximate surface area is 99.0 Å². The van der Waals surface area contributed by atoms with Crippen LogP contribution in [0.15, 0.2) is 18.3 Å². The largest absolute Gasteiger partial charge is 0.323 e. The first-order valence-electron chi connectivity index (χ1n) is 4.77. The average Bonchev–Trinajstić information content (AvgIpc) is 2.19. The van der Waals surface area contributed by atoms with Gasteiger partial charge in [-0.15, -0.1) is 0 Å². The van der Waals surface area contributed by atoms with Gasteiger partial charge in [0.25, 0.3) is 0 Å². The maximum Gasteiger partial charge on any atom is 0.245 e. The number of hydrogen-bond donors (Lipinski definition) is 1. The van der Waals surface area contributed by atoms with E-state index in [0.29, 0.717) is 0 Å². The zero-order valence-electron chi connectivity index (χ0n) is 9.69. The second-order valence-corrected chi connectivity index (χ2v) is 6.67. The zero-order chi connectivity index (χ0) is 13.3. The summed E-state index contributed by atoms with van der Waals surface area (Å²) in [7, 11) is -3.54. The van der Waals surface area contributed by atoms with Crippen LogP contribution in [0.3, 0.4) is 0 Å². The minimum atomic E-state index is -3.54. The van der Waals surface area contributed by atoms with Crippen molar-refractivity contribution in [3.63, 3.8) is 0 Å². The van der Waals surface area contributed by atoms with E-state index in [1.54, 1.807) is 0 Å². The molecule has 5 nitrogen and oxygen atoms in total. The van der Waals surface area contributed by atoms with Gasteiger partial charge < -0.3 is 5.32 Å². The Morgan fingerprint density at radius 3 is 2.41 bits per heavy atom. The molecule has 1 rings (SSSR count). The van der Waals surface area contributed by atoms with Crippen LogP contribution in [0.2, 0.25) is 0 Å². The molecule has 0 fully saturated rings. The van der Waals surface area contributed by atoms with Crippen LogP contribution in [0.4, 0.5) is 10.1 Å². The number of nitrogens with one attached hydrogen (secondary N) is 1. The van der Waals surface area contributed by atoms with Crippen LogP contribution in [-0.2, 0) is 14.6 Å². The molecule has 1 aromatic rings. The van der Waals surface area contributed by atoms with Crippen molar-refractivity contribution in [2.45, 2.75) is 18.6 Å². The first-order chi connectivity index (χ1) is 7.64. The Kier molecular flexibility index (Phi) is 3.51. The van der Waals surface area contributed by atoms with Crippen LogP contribution in [-0.4, -0.2) is 30.3 Å². The number of halogens is 1. The zero-order valence-corrected chi connectivity index (χ0v) is 10.5. The second kappa shape index (κ2) is 4.40. The molecule has 0 saturated carbocycles. The maximum absolute atomic E-state index is 12.5. The number of pyridine rings is 1. The minimum Gasteiger partial charge on any atom is -0.323 e. The van der Waals surface area contributed by atoms with Crippen LogP contribution < -0.4 is 5.32 Å². The molecule has 94 valence electrons. The van der Waals surface area contributed by atoms with E-state index < -0.39 is 26.4 Å². The lowest BCUT2D eigenvalue weighted by Crippen LogP contribution is -2.43. The predicted molar refractivity (Wildman–Crippen MR) is 61.7 cm³/mol. The molecular formula is C10H13FN2O3S. The molecule has 0 bridgehead atoms. The van der Waals surface area contributed by atoms with E-state index in [-0.39, 0.29) is 5.69 Å². The molecule has 7 heteroatoms. The smallest absolute Gasteiger partial charge is 0.245 e. The fourth-order valence-corrected chi connectivity index (χ4v) is 1.29. The van der Waals surface area contributed by atoms with Gasteiger partial charge in [-0.05, 0) is 26.0 Å². The lowest BCUT2D eigenvalue weighted by molar-refractivity contribution is -0.117. The van der Waals surface area contributed by atoms with Crippen LogP contribution in [0, 0.1) is 5.95 Å². The average molecular weight is 260 g/mol. The molecule has 1 heterocycles. The SMILES string of the molecule is CC(C)(C(=O)Nc1ccc(F)nc1)S(C)(=O)=O. The van der Waals surface area contributed by atoms with Crippen molar-refractivity contribution in [2.75, 3.05) is 11.6 Å². The van der Waals surface area contributed by atoms with Gasteiger partial charge in [0, 0.05) is 6.26 Å². The quantitative estimate of drug-likeness (QED) is 0.822. The third-order valence-electron chi connectivity index (χ3n) is 2.46. The molecule has 0 aliphatic heterocycles. The molecule has 0 saturated heterocycles. The molecule has 0 aliphatic rings. The third kappa shape index (κ3) is 3.00. The summed E-state index contributed by atoms with van der Waals surface area (Å²) in [4.78, 5) is 15.1. The Morgan fingerprint density at radius 1 is 1.41 bits per heavy atom. The van der Waals surface area contributed by atoms with Gasteiger partial charge >= 0.3 is 0 Å². The predicted octanol–water partition coefficient (Wildman–Crippen LogP) is 0.982. The van der Waals surface area contributed by atoms with Gasteiger partial charge in [-0.25, -0.2) is 13.4 Å². The van der Waals surface area contributed by atoms with Gasteiger partial charge in [-0.3, -0.25) is 4.79 Å². The first-order valence-corrected chi connectivity index (χ1v) is 6.66. The van der Waals surface area contributed by atoms with E-state index in [1.807, 2.05) is 0 Å². The van der Waals surface area contributed by atoms with Crippen LogP contribution in [0.1, 0.15) is 13.8 Å². The molecule has 1 aromatic heterocycles. The van der Waals surface area contributed by atoms with Crippen LogP contribution in [0.25, 0.3) is 0 Å². The number of hydrogen-bond acceptors (Lipinski definition) is 4. The van der Waals surface area contributed by atoms with Gasteiger partial charge in [0.15, 0.2) is 9.84 Å². The van der Waals surface area contributed by atoms with Gasteiger partial charge in [0.1, 0.15) is 4.75 Å². The number of aromatic nitrogens is 1. The van der Waals surface area contributed by atoms with Crippen molar-refractivity contribution in [1.82, 2.24) is 4.98 Å². The lowest BCUT2D eigenvalue weighted by atomic mass is 10.2. The summed E-state index contributed by atoms with van der Waals surface area (Å²) < 4.78 is 33.8. The number of carbonyl (C=O) groups excluding carboxylic acids is 1. The van der Waals surface area contributed by atoms with Gasteiger partial charge in [-0.1, -0.05) is 0 Å². The molecular weight excluding hydrogens is 247 g/mol. The Morgan fingerprint density at radius 2 is 2.00 bits per heavy atom. The molecule has 0 spiro atoms. The van der Waals surface area contributed by atoms with Crippen LogP contribution in [0.5, 0.6) is 0 Å². The number of rotatable bonds is 3. The summed E-state index contributed by atoms with van der Waals surface area (Å²) in [5, 5.41) is 2.37. The fraction of sp³-hybridized carbons (Fsp3) is 0.400. The van der Waals surface area contributed by atoms with Crippen molar-refractivity contribution in [2.24, 2.45) is 0 Å². The Bertz CT molecular complexity index is 523. The normalized spacial score (nSPS) is 12.2. The monoisotopic (exact) mass is 260 g/mol. The highest BCUT2D eigenvalue weighted by atomic mass is 32.2. The van der Waals surface area contributed by atoms with Crippen molar-refractivity contribution in [1.29, 1.82) is 0 Å². The molecule has 0 aliphatic carbocycles.